The molecule has 0 aliphatic carbocycles. The third kappa shape index (κ3) is 0.850. The van der Waals surface area contributed by atoms with Gasteiger partial charge in [-0.15, -0.1) is 0 Å². The largest absolute Gasteiger partial charge is 0.513 e. The number of hydrogen-bond acceptors (Lipinski definition) is 5. The lowest BCUT2D eigenvalue weighted by Crippen LogP contribution is -2.36. The van der Waals surface area contributed by atoms with Crippen LogP contribution in [0.15, 0.2) is 12.7 Å². The molecule has 0 amide bonds. The first kappa shape index (κ1) is 7.04. The molecule has 1 rings (SSSR count). The van der Waals surface area contributed by atoms with Crippen molar-refractivity contribution < 1.29 is 24.5 Å². The van der Waals surface area contributed by atoms with Crippen molar-refractivity contribution in [2.24, 2.45) is 0 Å². The van der Waals surface area contributed by atoms with Crippen LogP contribution < -0.4 is 0 Å². The van der Waals surface area contributed by atoms with Crippen LogP contribution in [-0.2, 0) is 9.47 Å². The summed E-state index contributed by atoms with van der Waals surface area (Å²) in [7, 11) is 0. The van der Waals surface area contributed by atoms with E-state index in [9.17, 15) is 4.79 Å². The van der Waals surface area contributed by atoms with Gasteiger partial charge in [-0.1, -0.05) is 6.58 Å². The highest BCUT2D eigenvalue weighted by atomic mass is 16.9. The fourth-order valence-corrected chi connectivity index (χ4v) is 0.526. The summed E-state index contributed by atoms with van der Waals surface area (Å²) in [5.41, 5.74) is 0. The maximum atomic E-state index is 10.2. The van der Waals surface area contributed by atoms with E-state index in [0.29, 0.717) is 0 Å². The van der Waals surface area contributed by atoms with Crippen LogP contribution in [0.25, 0.3) is 0 Å². The summed E-state index contributed by atoms with van der Waals surface area (Å²) in [4.78, 5) is 10.2. The molecule has 0 saturated carbocycles. The van der Waals surface area contributed by atoms with E-state index < -0.39 is 18.2 Å². The highest BCUT2D eigenvalue weighted by Gasteiger charge is 2.47. The van der Waals surface area contributed by atoms with Crippen molar-refractivity contribution in [3.63, 3.8) is 0 Å². The number of carbonyl (C=O) groups excluding carboxylic acids is 1. The van der Waals surface area contributed by atoms with Gasteiger partial charge >= 0.3 is 6.16 Å². The van der Waals surface area contributed by atoms with E-state index in [1.54, 1.807) is 0 Å². The van der Waals surface area contributed by atoms with Crippen molar-refractivity contribution in [3.8, 4) is 0 Å². The van der Waals surface area contributed by atoms with Crippen LogP contribution in [0.4, 0.5) is 4.79 Å². The van der Waals surface area contributed by atoms with Crippen LogP contribution in [0.5, 0.6) is 0 Å². The SMILES string of the molecule is C=CC1(O)OC(=O)OC1O. The summed E-state index contributed by atoms with van der Waals surface area (Å²) in [6.07, 6.45) is -1.92. The molecule has 5 heteroatoms. The molecule has 10 heavy (non-hydrogen) atoms. The summed E-state index contributed by atoms with van der Waals surface area (Å²) in [5.74, 6) is -2.09. The molecule has 5 nitrogen and oxygen atoms in total. The van der Waals surface area contributed by atoms with Gasteiger partial charge in [-0.2, -0.15) is 0 Å². The Balaban J connectivity index is 2.79. The van der Waals surface area contributed by atoms with Crippen molar-refractivity contribution in [3.05, 3.63) is 12.7 Å². The van der Waals surface area contributed by atoms with Gasteiger partial charge in [-0.3, -0.25) is 0 Å². The topological polar surface area (TPSA) is 76.0 Å². The average Bonchev–Trinajstić information content (AvgIpc) is 2.09. The van der Waals surface area contributed by atoms with Crippen LogP contribution in [0.1, 0.15) is 0 Å². The lowest BCUT2D eigenvalue weighted by atomic mass is 10.3. The Bertz CT molecular complexity index is 177. The molecular weight excluding hydrogens is 140 g/mol. The molecule has 1 saturated heterocycles. The van der Waals surface area contributed by atoms with Crippen LogP contribution in [0.2, 0.25) is 0 Å². The Morgan fingerprint density at radius 2 is 2.40 bits per heavy atom. The van der Waals surface area contributed by atoms with E-state index in [4.69, 9.17) is 10.2 Å². The summed E-state index contributed by atoms with van der Waals surface area (Å²) in [5, 5.41) is 17.7. The minimum Gasteiger partial charge on any atom is -0.397 e. The molecule has 0 radical (unpaired) electrons. The zero-order chi connectivity index (χ0) is 7.78. The second-order valence-corrected chi connectivity index (χ2v) is 1.78. The third-order valence-corrected chi connectivity index (χ3v) is 1.10. The van der Waals surface area contributed by atoms with Gasteiger partial charge in [0.1, 0.15) is 0 Å². The van der Waals surface area contributed by atoms with Crippen LogP contribution in [0, 0.1) is 0 Å². The van der Waals surface area contributed by atoms with E-state index in [1.165, 1.54) is 0 Å². The average molecular weight is 146 g/mol. The minimum absolute atomic E-state index is 0.878. The number of aliphatic hydroxyl groups excluding tert-OH is 1. The highest BCUT2D eigenvalue weighted by molar-refractivity contribution is 5.63. The van der Waals surface area contributed by atoms with Gasteiger partial charge in [-0.25, -0.2) is 4.79 Å². The van der Waals surface area contributed by atoms with E-state index in [0.717, 1.165) is 6.08 Å². The lowest BCUT2D eigenvalue weighted by molar-refractivity contribution is -0.190. The van der Waals surface area contributed by atoms with Crippen LogP contribution in [0.3, 0.4) is 0 Å². The molecular formula is C5H6O5. The Morgan fingerprint density at radius 3 is 2.60 bits per heavy atom. The molecule has 1 fully saturated rings. The van der Waals surface area contributed by atoms with Gasteiger partial charge in [0, 0.05) is 0 Å². The Kier molecular flexibility index (Phi) is 1.38. The summed E-state index contributed by atoms with van der Waals surface area (Å²) in [6, 6.07) is 0. The number of ether oxygens (including phenoxy) is 2. The molecule has 0 aromatic heterocycles. The number of aliphatic hydroxyl groups is 2. The van der Waals surface area contributed by atoms with Crippen LogP contribution >= 0.6 is 0 Å². The highest BCUT2D eigenvalue weighted by Crippen LogP contribution is 2.23. The number of rotatable bonds is 1. The molecule has 1 aliphatic rings. The molecule has 2 N–H and O–H groups in total. The molecule has 2 unspecified atom stereocenters. The molecule has 1 aliphatic heterocycles. The maximum absolute atomic E-state index is 10.2. The van der Waals surface area contributed by atoms with Crippen molar-refractivity contribution in [2.75, 3.05) is 0 Å². The molecule has 0 aromatic rings. The van der Waals surface area contributed by atoms with E-state index in [1.807, 2.05) is 0 Å². The predicted molar refractivity (Wildman–Crippen MR) is 28.7 cm³/mol. The van der Waals surface area contributed by atoms with Gasteiger partial charge < -0.3 is 19.7 Å². The Morgan fingerprint density at radius 1 is 1.80 bits per heavy atom. The van der Waals surface area contributed by atoms with E-state index in [2.05, 4.69) is 16.1 Å². The van der Waals surface area contributed by atoms with Crippen molar-refractivity contribution in [1.29, 1.82) is 0 Å². The standard InChI is InChI=1S/C5H6O5/c1-2-5(8)3(6)9-4(7)10-5/h2-3,6,8H,1H2. The van der Waals surface area contributed by atoms with Crippen molar-refractivity contribution in [2.45, 2.75) is 12.1 Å². The minimum atomic E-state index is -2.09. The fraction of sp³-hybridized carbons (Fsp3) is 0.400. The first-order valence-electron chi connectivity index (χ1n) is 2.52. The molecule has 2 atom stereocenters. The summed E-state index contributed by atoms with van der Waals surface area (Å²) in [6.45, 7) is 3.13. The number of hydrogen-bond donors (Lipinski definition) is 2. The molecule has 0 spiro atoms. The fourth-order valence-electron chi connectivity index (χ4n) is 0.526. The quantitative estimate of drug-likeness (QED) is 0.379. The lowest BCUT2D eigenvalue weighted by Gasteiger charge is -2.15. The van der Waals surface area contributed by atoms with Gasteiger partial charge in [0.25, 0.3) is 12.1 Å². The zero-order valence-corrected chi connectivity index (χ0v) is 4.98. The Hall–Kier alpha value is -1.07. The van der Waals surface area contributed by atoms with Crippen molar-refractivity contribution in [1.82, 2.24) is 0 Å². The predicted octanol–water partition coefficient (Wildman–Crippen LogP) is -0.654. The first-order chi connectivity index (χ1) is 4.58. The monoisotopic (exact) mass is 146 g/mol. The summed E-state index contributed by atoms with van der Waals surface area (Å²) >= 11 is 0. The maximum Gasteiger partial charge on any atom is 0.513 e. The molecule has 0 aromatic carbocycles. The van der Waals surface area contributed by atoms with Gasteiger partial charge in [-0.05, 0) is 6.08 Å². The van der Waals surface area contributed by atoms with Gasteiger partial charge in [0.2, 0.25) is 0 Å². The van der Waals surface area contributed by atoms with Crippen LogP contribution in [-0.4, -0.2) is 28.4 Å². The van der Waals surface area contributed by atoms with E-state index >= 15 is 0 Å². The second-order valence-electron chi connectivity index (χ2n) is 1.78. The molecule has 0 bridgehead atoms. The van der Waals surface area contributed by atoms with Gasteiger partial charge in [0.15, 0.2) is 0 Å². The Labute approximate surface area is 56.5 Å². The molecule has 1 heterocycles. The number of cyclic esters (lactones) is 2. The first-order valence-corrected chi connectivity index (χ1v) is 2.52. The number of carbonyl (C=O) groups is 1. The van der Waals surface area contributed by atoms with E-state index in [-0.39, 0.29) is 0 Å². The molecule has 56 valence electrons. The smallest absolute Gasteiger partial charge is 0.397 e. The third-order valence-electron chi connectivity index (χ3n) is 1.10. The van der Waals surface area contributed by atoms with Gasteiger partial charge in [0.05, 0.1) is 0 Å². The summed E-state index contributed by atoms with van der Waals surface area (Å²) < 4.78 is 8.18. The zero-order valence-electron chi connectivity index (χ0n) is 4.98. The van der Waals surface area contributed by atoms with Crippen molar-refractivity contribution >= 4 is 6.16 Å². The second kappa shape index (κ2) is 1.96. The normalized spacial score (nSPS) is 38.6.